The summed E-state index contributed by atoms with van der Waals surface area (Å²) in [5, 5.41) is 16.5. The second-order valence-electron chi connectivity index (χ2n) is 42.5. The predicted molar refractivity (Wildman–Crippen MR) is 597 cm³/mol. The van der Waals surface area contributed by atoms with Gasteiger partial charge in [0.15, 0.2) is 52.0 Å². The Morgan fingerprint density at radius 1 is 0.473 bits per heavy atom. The van der Waals surface area contributed by atoms with Gasteiger partial charge in [-0.25, -0.2) is 14.8 Å². The van der Waals surface area contributed by atoms with Gasteiger partial charge in [-0.15, -0.1) is 0 Å². The maximum absolute atomic E-state index is 13.8. The van der Waals surface area contributed by atoms with Crippen molar-refractivity contribution < 1.29 is 43.1 Å². The largest absolute Gasteiger partial charge is 0.379 e. The maximum atomic E-state index is 13.8. The average molecular weight is 1990 g/mol. The average Bonchev–Trinajstić information content (AvgIpc) is 1.62. The zero-order valence-corrected chi connectivity index (χ0v) is 89.9. The molecule has 23 nitrogen and oxygen atoms in total. The van der Waals surface area contributed by atoms with Crippen molar-refractivity contribution in [1.29, 1.82) is 0 Å². The highest BCUT2D eigenvalue weighted by Gasteiger charge is 2.32. The summed E-state index contributed by atoms with van der Waals surface area (Å²) < 4.78 is 14.1. The van der Waals surface area contributed by atoms with E-state index in [2.05, 4.69) is 201 Å². The van der Waals surface area contributed by atoms with Crippen molar-refractivity contribution >= 4 is 107 Å². The summed E-state index contributed by atoms with van der Waals surface area (Å²) in [6, 6.07) is 36.5. The third-order valence-corrected chi connectivity index (χ3v) is 31.2. The Hall–Kier alpha value is -13.4. The zero-order chi connectivity index (χ0) is 105. The first-order valence-electron chi connectivity index (χ1n) is 54.0. The molecular formula is C125H148N14O9. The number of aryl methyl sites for hydroxylation is 1. The standard InChI is InChI=1S/C34H39N3O3.C33H41N5O2.C33H40N4O2.C25H28N2O2/c1-23-17-24(2)29(34(39)18-23)11-12-33(38)30-19-27(20-32-31(30)21-35-37(32)28-5-3-4-6-28)26-9-7-25(8-10-26)22-36-13-15-40-16-14-36;1-6-7-25-16-23(4)17-32(40)27(25)8-9-31(39)28-18-26(19-30-29(28)21-35-38(30)22(2)3)24-10-11-34-33(20-24)37-14-12-36(5)13-15-37;1-6-24(5)37-20-23(4)33-28(30(38)9-8-27-22(3)15-21(2)16-31(27)39)17-26(18-29(33)37)25-7-10-32(35-19-25)36-13-11-34-12-14-36;1-6-19(7-2)27-11-10-21-22(14-18(26-5)15-23(21)27)24(28)9-8-20-17(4)12-16(3)13-25(20)29/h7-10,17,19-21,28H,3-6,11-16,18,22H2,1-2H3;10-11,16,18-22H,6-9,12-15,17H2,1-5H3;7,10,15,17-20,24,34H,6,8-9,11-14,16H2,1-5H3;10-12,14-15,19H,6-9,13H2,1-4H3/t;;24-;/m..0./s1. The van der Waals surface area contributed by atoms with Crippen molar-refractivity contribution in [3.05, 3.63) is 276 Å². The minimum Gasteiger partial charge on any atom is -0.379 e. The number of anilines is 2. The van der Waals surface area contributed by atoms with Crippen molar-refractivity contribution in [2.24, 2.45) is 0 Å². The lowest BCUT2D eigenvalue weighted by molar-refractivity contribution is -0.116. The zero-order valence-electron chi connectivity index (χ0n) is 89.9. The Balaban J connectivity index is 0.000000142. The number of fused-ring (bicyclic) bond motifs is 4. The first kappa shape index (κ1) is 107. The summed E-state index contributed by atoms with van der Waals surface area (Å²) in [4.78, 5) is 128. The van der Waals surface area contributed by atoms with Crippen LogP contribution in [0.15, 0.2) is 231 Å². The number of carbonyl (C=O) groups excluding carboxylic acids is 8. The molecule has 772 valence electrons. The van der Waals surface area contributed by atoms with Crippen LogP contribution in [0.3, 0.4) is 0 Å². The van der Waals surface area contributed by atoms with Gasteiger partial charge in [0.2, 0.25) is 0 Å². The Kier molecular flexibility index (Phi) is 35.4. The van der Waals surface area contributed by atoms with Crippen LogP contribution in [0.25, 0.3) is 81.8 Å². The van der Waals surface area contributed by atoms with Crippen molar-refractivity contribution in [2.45, 2.75) is 269 Å². The van der Waals surface area contributed by atoms with E-state index in [-0.39, 0.29) is 58.7 Å². The Labute approximate surface area is 873 Å². The fourth-order valence-electron chi connectivity index (χ4n) is 22.8. The molecule has 8 aliphatic rings. The van der Waals surface area contributed by atoms with Crippen LogP contribution in [-0.4, -0.2) is 180 Å². The summed E-state index contributed by atoms with van der Waals surface area (Å²) in [5.41, 5.74) is 27.3. The number of allylic oxidation sites excluding steroid dienone is 16. The van der Waals surface area contributed by atoms with E-state index in [0.717, 1.165) is 297 Å². The molecule has 4 fully saturated rings. The molecule has 6 aromatic heterocycles. The molecule has 0 bridgehead atoms. The Morgan fingerprint density at radius 2 is 0.986 bits per heavy atom. The van der Waals surface area contributed by atoms with Crippen molar-refractivity contribution in [3.8, 4) is 33.4 Å². The summed E-state index contributed by atoms with van der Waals surface area (Å²) >= 11 is 0. The first-order chi connectivity index (χ1) is 71.4. The normalized spacial score (nSPS) is 17.0. The van der Waals surface area contributed by atoms with Crippen LogP contribution in [0.4, 0.5) is 17.3 Å². The SMILES string of the molecule is CC1=CC(C)=C(CCC(=O)c2cc(-c3ccc(CN4CCOCC4)cc3)cc3c2cnn3C2CCCC2)C(=O)C1.CCCC1=C(CCC(=O)c2cc(-c3ccnc(N4CCN(C)CC4)c3)cc3c2cnn3C(C)C)C(=O)CC(C)=C1.CC[C@H](C)n1cc(C)c2c(C(=O)CCC3=C(C)C=C(C)CC3=O)cc(-c3ccc(N4CCNCC4)nc3)cc21.[C-]#[N+]c1cc(C(=O)CCC2=C(C)C=C(C)CC2=O)c2ccn(C(CC)CC)c2c1. The Bertz CT molecular complexity index is 7210. The number of Topliss-reactive ketones (excluding diaryl/α,β-unsaturated/α-hetero) is 8. The van der Waals surface area contributed by atoms with E-state index in [1.54, 1.807) is 6.07 Å². The number of benzene rings is 5. The second kappa shape index (κ2) is 48.7. The van der Waals surface area contributed by atoms with Gasteiger partial charge < -0.3 is 33.9 Å². The number of ketones is 8. The molecule has 11 aromatic rings. The molecule has 9 heterocycles. The molecule has 1 saturated carbocycles. The smallest absolute Gasteiger partial charge is 0.190 e. The molecule has 1 N–H and O–H groups in total. The van der Waals surface area contributed by atoms with Crippen LogP contribution in [-0.2, 0) is 30.5 Å². The number of nitrogens with zero attached hydrogens (tertiary/aromatic N) is 13. The Morgan fingerprint density at radius 3 is 1.54 bits per heavy atom. The minimum absolute atomic E-state index is 0.0119. The van der Waals surface area contributed by atoms with Gasteiger partial charge in [-0.1, -0.05) is 118 Å². The van der Waals surface area contributed by atoms with Crippen molar-refractivity contribution in [1.82, 2.24) is 53.8 Å². The molecular weight excluding hydrogens is 1840 g/mol. The lowest BCUT2D eigenvalue weighted by atomic mass is 9.86. The summed E-state index contributed by atoms with van der Waals surface area (Å²) in [6.45, 7) is 50.6. The van der Waals surface area contributed by atoms with Gasteiger partial charge in [0.25, 0.3) is 0 Å². The highest BCUT2D eigenvalue weighted by molar-refractivity contribution is 6.14. The lowest BCUT2D eigenvalue weighted by Crippen LogP contribution is -2.44. The predicted octanol–water partition coefficient (Wildman–Crippen LogP) is 26.6. The highest BCUT2D eigenvalue weighted by atomic mass is 16.5. The number of carbonyl (C=O) groups is 8. The molecule has 0 amide bonds. The molecule has 1 atom stereocenters. The number of hydrogen-bond acceptors (Lipinski definition) is 18. The van der Waals surface area contributed by atoms with E-state index in [1.807, 2.05) is 127 Å². The number of piperazine rings is 2. The topological polar surface area (TPSA) is 246 Å². The van der Waals surface area contributed by atoms with Crippen LogP contribution in [0.1, 0.15) is 308 Å². The van der Waals surface area contributed by atoms with Crippen LogP contribution >= 0.6 is 0 Å². The van der Waals surface area contributed by atoms with E-state index in [0.29, 0.717) is 111 Å². The summed E-state index contributed by atoms with van der Waals surface area (Å²) in [6.07, 6.45) is 34.4. The van der Waals surface area contributed by atoms with Gasteiger partial charge in [-0.05, 0) is 310 Å². The minimum atomic E-state index is -0.0119. The van der Waals surface area contributed by atoms with Crippen molar-refractivity contribution in [2.75, 3.05) is 95.5 Å². The maximum Gasteiger partial charge on any atom is 0.190 e. The van der Waals surface area contributed by atoms with Crippen LogP contribution < -0.4 is 15.1 Å². The fourth-order valence-corrected chi connectivity index (χ4v) is 22.8. The van der Waals surface area contributed by atoms with Gasteiger partial charge in [0.05, 0.1) is 49.3 Å². The summed E-state index contributed by atoms with van der Waals surface area (Å²) in [5.74, 6) is 2.72. The van der Waals surface area contributed by atoms with E-state index >= 15 is 0 Å². The molecule has 5 aromatic carbocycles. The van der Waals surface area contributed by atoms with Gasteiger partial charge in [0.1, 0.15) is 11.6 Å². The molecule has 3 saturated heterocycles. The number of morpholine rings is 1. The number of ether oxygens (including phenoxy) is 1. The summed E-state index contributed by atoms with van der Waals surface area (Å²) in [7, 11) is 2.15. The molecule has 19 rings (SSSR count). The van der Waals surface area contributed by atoms with E-state index < -0.39 is 0 Å². The van der Waals surface area contributed by atoms with E-state index in [9.17, 15) is 38.4 Å². The quantitative estimate of drug-likeness (QED) is 0.0304. The molecule has 23 heteroatoms. The third kappa shape index (κ3) is 24.9. The van der Waals surface area contributed by atoms with Gasteiger partial charge in [-0.3, -0.25) is 52.6 Å². The molecule has 0 spiro atoms. The molecule has 0 unspecified atom stereocenters. The highest BCUT2D eigenvalue weighted by Crippen LogP contribution is 2.43. The molecule has 5 aliphatic carbocycles. The van der Waals surface area contributed by atoms with Gasteiger partial charge in [-0.2, -0.15) is 10.2 Å². The van der Waals surface area contributed by atoms with Crippen LogP contribution in [0, 0.1) is 13.5 Å². The van der Waals surface area contributed by atoms with Gasteiger partial charge in [0, 0.05) is 227 Å². The molecule has 148 heavy (non-hydrogen) atoms. The van der Waals surface area contributed by atoms with Crippen LogP contribution in [0.5, 0.6) is 0 Å². The fraction of sp³-hybridized carbons (Fsp3) is 0.432. The number of rotatable bonds is 32. The van der Waals surface area contributed by atoms with E-state index in [1.165, 1.54) is 18.4 Å². The molecule has 0 radical (unpaired) electrons. The van der Waals surface area contributed by atoms with Crippen LogP contribution in [0.2, 0.25) is 0 Å². The van der Waals surface area contributed by atoms with Crippen molar-refractivity contribution in [3.63, 3.8) is 0 Å². The molecule has 3 aliphatic heterocycles. The number of nitrogens with one attached hydrogen (secondary N) is 1. The number of likely N-dealkylation sites (N-methyl/N-ethyl adjacent to an activating group) is 1. The number of hydrogen-bond donors (Lipinski definition) is 1. The van der Waals surface area contributed by atoms with E-state index in [4.69, 9.17) is 21.4 Å². The third-order valence-electron chi connectivity index (χ3n) is 31.2. The number of pyridine rings is 2. The first-order valence-corrected chi connectivity index (χ1v) is 54.0. The number of aromatic nitrogens is 8. The monoisotopic (exact) mass is 1990 g/mol. The second-order valence-corrected chi connectivity index (χ2v) is 42.5. The van der Waals surface area contributed by atoms with Gasteiger partial charge >= 0.3 is 0 Å². The lowest BCUT2D eigenvalue weighted by Gasteiger charge is -2.33.